The van der Waals surface area contributed by atoms with Crippen LogP contribution in [0.25, 0.3) is 0 Å². The molecule has 168 valence electrons. The number of piperidine rings is 1. The highest BCUT2D eigenvalue weighted by atomic mass is 16.4. The summed E-state index contributed by atoms with van der Waals surface area (Å²) in [5.41, 5.74) is 3.26. The van der Waals surface area contributed by atoms with E-state index in [0.29, 0.717) is 0 Å². The average molecular weight is 424 g/mol. The molecule has 1 aromatic carbocycles. The number of aliphatic hydroxyl groups excluding tert-OH is 2. The summed E-state index contributed by atoms with van der Waals surface area (Å²) in [6.45, 7) is 8.35. The Morgan fingerprint density at radius 3 is 2.07 bits per heavy atom. The third kappa shape index (κ3) is 7.40. The zero-order valence-corrected chi connectivity index (χ0v) is 17.7. The molecule has 0 radical (unpaired) electrons. The lowest BCUT2D eigenvalue weighted by Crippen LogP contribution is -2.47. The first-order valence-electron chi connectivity index (χ1n) is 10.0. The second-order valence-electron chi connectivity index (χ2n) is 7.37. The molecule has 9 heteroatoms. The van der Waals surface area contributed by atoms with E-state index >= 15 is 0 Å². The third-order valence-corrected chi connectivity index (χ3v) is 4.96. The molecule has 0 bridgehead atoms. The van der Waals surface area contributed by atoms with Crippen molar-refractivity contribution < 1.29 is 34.8 Å². The Morgan fingerprint density at radius 1 is 1.07 bits per heavy atom. The number of carbonyl (C=O) groups is 3. The number of carboxylic acid groups (broad SMARTS) is 2. The molecule has 30 heavy (non-hydrogen) atoms. The molecule has 5 N–H and O–H groups in total. The molecular formula is C21H32N2O7. The first kappa shape index (κ1) is 25.5. The van der Waals surface area contributed by atoms with Gasteiger partial charge < -0.3 is 25.7 Å². The number of anilines is 1. The second-order valence-corrected chi connectivity index (χ2v) is 7.37. The molecule has 0 saturated carbocycles. The maximum Gasteiger partial charge on any atom is 0.335 e. The molecule has 3 atom stereocenters. The molecule has 2 unspecified atom stereocenters. The quantitative estimate of drug-likeness (QED) is 0.441. The van der Waals surface area contributed by atoms with Crippen LogP contribution in [0.5, 0.6) is 0 Å². The molecule has 0 aliphatic carbocycles. The van der Waals surface area contributed by atoms with Crippen LogP contribution < -0.4 is 5.32 Å². The lowest BCUT2D eigenvalue weighted by molar-refractivity contribution is -0.165. The van der Waals surface area contributed by atoms with E-state index in [-0.39, 0.29) is 11.9 Å². The van der Waals surface area contributed by atoms with Crippen LogP contribution in [-0.4, -0.2) is 74.5 Å². The van der Waals surface area contributed by atoms with Gasteiger partial charge in [0.2, 0.25) is 5.91 Å². The topological polar surface area (TPSA) is 147 Å². The van der Waals surface area contributed by atoms with Crippen molar-refractivity contribution in [2.75, 3.05) is 18.4 Å². The van der Waals surface area contributed by atoms with E-state index in [0.717, 1.165) is 49.2 Å². The van der Waals surface area contributed by atoms with E-state index < -0.39 is 24.1 Å². The minimum Gasteiger partial charge on any atom is -0.479 e. The van der Waals surface area contributed by atoms with Gasteiger partial charge in [0, 0.05) is 5.69 Å². The van der Waals surface area contributed by atoms with Crippen molar-refractivity contribution in [3.63, 3.8) is 0 Å². The van der Waals surface area contributed by atoms with Crippen LogP contribution in [0.2, 0.25) is 0 Å². The maximum atomic E-state index is 12.6. The summed E-state index contributed by atoms with van der Waals surface area (Å²) >= 11 is 0. The van der Waals surface area contributed by atoms with Gasteiger partial charge >= 0.3 is 11.9 Å². The predicted octanol–water partition coefficient (Wildman–Crippen LogP) is 1.38. The molecule has 1 heterocycles. The van der Waals surface area contributed by atoms with Crippen LogP contribution in [-0.2, 0) is 14.4 Å². The van der Waals surface area contributed by atoms with Crippen molar-refractivity contribution in [2.45, 2.75) is 64.7 Å². The number of carbonyl (C=O) groups excluding carboxylic acids is 1. The first-order chi connectivity index (χ1) is 14.1. The van der Waals surface area contributed by atoms with Crippen LogP contribution in [0.4, 0.5) is 5.69 Å². The SMILES string of the molecule is CCCN1CCCC[C@@H]1C(=O)Nc1c(C)cccc1C.O=C(O)C(O)C(O)C(=O)O. The van der Waals surface area contributed by atoms with Crippen LogP contribution >= 0.6 is 0 Å². The maximum absolute atomic E-state index is 12.6. The molecule has 1 aliphatic heterocycles. The first-order valence-corrected chi connectivity index (χ1v) is 10.0. The van der Waals surface area contributed by atoms with Gasteiger partial charge in [-0.15, -0.1) is 0 Å². The molecule has 1 aliphatic rings. The Balaban J connectivity index is 0.000000382. The third-order valence-electron chi connectivity index (χ3n) is 4.96. The number of likely N-dealkylation sites (tertiary alicyclic amines) is 1. The van der Waals surface area contributed by atoms with Gasteiger partial charge in [-0.3, -0.25) is 9.69 Å². The number of carboxylic acids is 2. The summed E-state index contributed by atoms with van der Waals surface area (Å²) in [5.74, 6) is -3.37. The molecule has 1 aromatic rings. The number of benzene rings is 1. The summed E-state index contributed by atoms with van der Waals surface area (Å²) in [4.78, 5) is 34.5. The molecular weight excluding hydrogens is 392 g/mol. The van der Waals surface area contributed by atoms with Crippen LogP contribution in [0.3, 0.4) is 0 Å². The van der Waals surface area contributed by atoms with Crippen LogP contribution in [0.1, 0.15) is 43.7 Å². The monoisotopic (exact) mass is 424 g/mol. The Bertz CT molecular complexity index is 698. The Labute approximate surface area is 176 Å². The Morgan fingerprint density at radius 2 is 1.60 bits per heavy atom. The molecule has 9 nitrogen and oxygen atoms in total. The summed E-state index contributed by atoms with van der Waals surface area (Å²) < 4.78 is 0. The fourth-order valence-corrected chi connectivity index (χ4v) is 3.33. The van der Waals surface area contributed by atoms with Gasteiger partial charge in [-0.1, -0.05) is 31.5 Å². The number of aryl methyl sites for hydroxylation is 2. The number of aliphatic carboxylic acids is 2. The van der Waals surface area contributed by atoms with E-state index in [4.69, 9.17) is 20.4 Å². The van der Waals surface area contributed by atoms with Gasteiger partial charge in [0.15, 0.2) is 12.2 Å². The van der Waals surface area contributed by atoms with E-state index in [1.54, 1.807) is 0 Å². The van der Waals surface area contributed by atoms with Gasteiger partial charge in [0.1, 0.15) is 0 Å². The number of amides is 1. The van der Waals surface area contributed by atoms with E-state index in [2.05, 4.69) is 17.1 Å². The van der Waals surface area contributed by atoms with Gasteiger partial charge in [-0.05, 0) is 57.3 Å². The number of nitrogens with one attached hydrogen (secondary N) is 1. The highest BCUT2D eigenvalue weighted by Crippen LogP contribution is 2.23. The smallest absolute Gasteiger partial charge is 0.335 e. The normalized spacial score (nSPS) is 18.5. The van der Waals surface area contributed by atoms with E-state index in [9.17, 15) is 14.4 Å². The number of aliphatic hydroxyl groups is 2. The lowest BCUT2D eigenvalue weighted by Gasteiger charge is -2.34. The molecule has 0 aromatic heterocycles. The van der Waals surface area contributed by atoms with Crippen LogP contribution in [0.15, 0.2) is 18.2 Å². The molecule has 2 rings (SSSR count). The Hall–Kier alpha value is -2.49. The largest absolute Gasteiger partial charge is 0.479 e. The van der Waals surface area contributed by atoms with Crippen molar-refractivity contribution in [3.8, 4) is 0 Å². The molecule has 1 amide bonds. The van der Waals surface area contributed by atoms with Crippen molar-refractivity contribution in [2.24, 2.45) is 0 Å². The standard InChI is InChI=1S/C17H26N2O.C4H6O6/c1-4-11-19-12-6-5-10-15(19)17(20)18-16-13(2)8-7-9-14(16)3;5-1(3(7)8)2(6)4(9)10/h7-9,15H,4-6,10-12H2,1-3H3,(H,18,20);1-2,5-6H,(H,7,8)(H,9,10)/t15-;/m1./s1. The van der Waals surface area contributed by atoms with Gasteiger partial charge in [-0.25, -0.2) is 9.59 Å². The zero-order valence-electron chi connectivity index (χ0n) is 17.7. The van der Waals surface area contributed by atoms with Crippen molar-refractivity contribution in [3.05, 3.63) is 29.3 Å². The summed E-state index contributed by atoms with van der Waals surface area (Å²) in [5, 5.41) is 35.7. The van der Waals surface area contributed by atoms with Crippen molar-refractivity contribution in [1.82, 2.24) is 4.90 Å². The Kier molecular flexibility index (Phi) is 10.4. The molecule has 0 spiro atoms. The lowest BCUT2D eigenvalue weighted by atomic mass is 10.0. The highest BCUT2D eigenvalue weighted by molar-refractivity contribution is 5.96. The van der Waals surface area contributed by atoms with Crippen LogP contribution in [0, 0.1) is 13.8 Å². The number of nitrogens with zero attached hydrogens (tertiary/aromatic N) is 1. The van der Waals surface area contributed by atoms with E-state index in [1.807, 2.05) is 32.0 Å². The van der Waals surface area contributed by atoms with Gasteiger partial charge in [-0.2, -0.15) is 0 Å². The average Bonchev–Trinajstić information content (AvgIpc) is 2.70. The second kappa shape index (κ2) is 12.3. The summed E-state index contributed by atoms with van der Waals surface area (Å²) in [6, 6.07) is 6.17. The fourth-order valence-electron chi connectivity index (χ4n) is 3.33. The van der Waals surface area contributed by atoms with E-state index in [1.165, 1.54) is 6.42 Å². The highest BCUT2D eigenvalue weighted by Gasteiger charge is 2.29. The number of para-hydroxylation sites is 1. The minimum atomic E-state index is -2.27. The number of hydrogen-bond donors (Lipinski definition) is 5. The summed E-state index contributed by atoms with van der Waals surface area (Å²) in [7, 11) is 0. The number of hydrogen-bond acceptors (Lipinski definition) is 6. The molecule has 1 fully saturated rings. The summed E-state index contributed by atoms with van der Waals surface area (Å²) in [6.07, 6.45) is -0.0719. The zero-order chi connectivity index (χ0) is 22.8. The van der Waals surface area contributed by atoms with Crippen molar-refractivity contribution in [1.29, 1.82) is 0 Å². The number of rotatable bonds is 7. The molecule has 1 saturated heterocycles. The van der Waals surface area contributed by atoms with Gasteiger partial charge in [0.25, 0.3) is 0 Å². The predicted molar refractivity (Wildman–Crippen MR) is 111 cm³/mol. The minimum absolute atomic E-state index is 0.0442. The van der Waals surface area contributed by atoms with Crippen molar-refractivity contribution >= 4 is 23.5 Å². The van der Waals surface area contributed by atoms with Gasteiger partial charge in [0.05, 0.1) is 6.04 Å². The fraction of sp³-hybridized carbons (Fsp3) is 0.571.